The lowest BCUT2D eigenvalue weighted by atomic mass is 10.0. The summed E-state index contributed by atoms with van der Waals surface area (Å²) in [5, 5.41) is 0.418. The molecule has 0 saturated carbocycles. The van der Waals surface area contributed by atoms with Crippen LogP contribution in [-0.2, 0) is 6.42 Å². The highest BCUT2D eigenvalue weighted by Crippen LogP contribution is 2.24. The van der Waals surface area contributed by atoms with Crippen molar-refractivity contribution >= 4 is 34.7 Å². The summed E-state index contributed by atoms with van der Waals surface area (Å²) in [5.74, 6) is -0.780. The van der Waals surface area contributed by atoms with Crippen LogP contribution >= 0.6 is 23.2 Å². The maximum atomic E-state index is 13.3. The van der Waals surface area contributed by atoms with Crippen LogP contribution in [0.15, 0.2) is 36.4 Å². The van der Waals surface area contributed by atoms with Gasteiger partial charge in [-0.1, -0.05) is 35.3 Å². The largest absolute Gasteiger partial charge is 0.398 e. The van der Waals surface area contributed by atoms with Crippen molar-refractivity contribution in [1.29, 1.82) is 0 Å². The van der Waals surface area contributed by atoms with Crippen LogP contribution < -0.4 is 5.73 Å². The molecule has 2 aromatic rings. The molecule has 2 nitrogen and oxygen atoms in total. The summed E-state index contributed by atoms with van der Waals surface area (Å²) in [7, 11) is 0. The molecule has 0 bridgehead atoms. The van der Waals surface area contributed by atoms with Gasteiger partial charge in [0.25, 0.3) is 0 Å². The first-order valence-corrected chi connectivity index (χ1v) is 6.25. The molecule has 0 aromatic heterocycles. The predicted octanol–water partition coefficient (Wildman–Crippen LogP) is 4.14. The Bertz CT molecular complexity index is 643. The quantitative estimate of drug-likeness (QED) is 0.683. The van der Waals surface area contributed by atoms with Crippen molar-refractivity contribution in [2.75, 3.05) is 5.73 Å². The van der Waals surface area contributed by atoms with E-state index in [0.29, 0.717) is 21.8 Å². The molecule has 0 amide bonds. The van der Waals surface area contributed by atoms with Gasteiger partial charge in [0, 0.05) is 22.7 Å². The van der Waals surface area contributed by atoms with Gasteiger partial charge in [-0.15, -0.1) is 0 Å². The third-order valence-corrected chi connectivity index (χ3v) is 3.35. The van der Waals surface area contributed by atoms with Gasteiger partial charge in [-0.2, -0.15) is 0 Å². The molecule has 0 radical (unpaired) electrons. The van der Waals surface area contributed by atoms with Gasteiger partial charge < -0.3 is 5.73 Å². The molecule has 0 aliphatic carbocycles. The van der Waals surface area contributed by atoms with E-state index in [0.717, 1.165) is 0 Å². The lowest BCUT2D eigenvalue weighted by molar-refractivity contribution is 0.0994. The molecule has 2 rings (SSSR count). The van der Waals surface area contributed by atoms with Crippen LogP contribution in [0, 0.1) is 5.82 Å². The van der Waals surface area contributed by atoms with E-state index in [9.17, 15) is 9.18 Å². The Morgan fingerprint density at radius 2 is 1.95 bits per heavy atom. The molecule has 2 N–H and O–H groups in total. The standard InChI is InChI=1S/C14H10Cl2FNO/c15-9-4-5-10(12(18)7-9)13(19)6-8-2-1-3-11(17)14(8)16/h1-5,7H,6,18H2. The van der Waals surface area contributed by atoms with E-state index in [1.165, 1.54) is 18.2 Å². The van der Waals surface area contributed by atoms with Crippen LogP contribution in [0.3, 0.4) is 0 Å². The van der Waals surface area contributed by atoms with Crippen molar-refractivity contribution in [3.05, 3.63) is 63.4 Å². The van der Waals surface area contributed by atoms with Gasteiger partial charge in [0.1, 0.15) is 5.82 Å². The number of hydrogen-bond donors (Lipinski definition) is 1. The van der Waals surface area contributed by atoms with Gasteiger partial charge in [0.2, 0.25) is 0 Å². The first kappa shape index (κ1) is 13.8. The Kier molecular flexibility index (Phi) is 4.08. The molecule has 0 spiro atoms. The van der Waals surface area contributed by atoms with E-state index < -0.39 is 5.82 Å². The second-order valence-electron chi connectivity index (χ2n) is 4.04. The molecule has 2 aromatic carbocycles. The number of carbonyl (C=O) groups excluding carboxylic acids is 1. The van der Waals surface area contributed by atoms with Crippen LogP contribution in [0.25, 0.3) is 0 Å². The highest BCUT2D eigenvalue weighted by molar-refractivity contribution is 6.32. The summed E-state index contributed by atoms with van der Waals surface area (Å²) in [6, 6.07) is 8.99. The minimum atomic E-state index is -0.545. The van der Waals surface area contributed by atoms with Crippen molar-refractivity contribution in [2.24, 2.45) is 0 Å². The number of anilines is 1. The number of hydrogen-bond acceptors (Lipinski definition) is 2. The summed E-state index contributed by atoms with van der Waals surface area (Å²) < 4.78 is 13.3. The van der Waals surface area contributed by atoms with Gasteiger partial charge >= 0.3 is 0 Å². The summed E-state index contributed by atoms with van der Waals surface area (Å²) >= 11 is 11.6. The van der Waals surface area contributed by atoms with Crippen LogP contribution in [0.1, 0.15) is 15.9 Å². The molecular formula is C14H10Cl2FNO. The van der Waals surface area contributed by atoms with Crippen LogP contribution in [-0.4, -0.2) is 5.78 Å². The van der Waals surface area contributed by atoms with E-state index >= 15 is 0 Å². The van der Waals surface area contributed by atoms with Crippen molar-refractivity contribution in [2.45, 2.75) is 6.42 Å². The number of nitrogen functional groups attached to an aromatic ring is 1. The Hall–Kier alpha value is -1.58. The van der Waals surface area contributed by atoms with Gasteiger partial charge in [-0.05, 0) is 29.8 Å². The van der Waals surface area contributed by atoms with E-state index in [2.05, 4.69) is 0 Å². The molecule has 19 heavy (non-hydrogen) atoms. The summed E-state index contributed by atoms with van der Waals surface area (Å²) in [4.78, 5) is 12.1. The Balaban J connectivity index is 2.28. The number of benzene rings is 2. The second kappa shape index (κ2) is 5.59. The summed E-state index contributed by atoms with van der Waals surface area (Å²) in [6.45, 7) is 0. The third-order valence-electron chi connectivity index (χ3n) is 2.70. The van der Waals surface area contributed by atoms with Gasteiger partial charge in [0.15, 0.2) is 5.78 Å². The normalized spacial score (nSPS) is 10.5. The van der Waals surface area contributed by atoms with Gasteiger partial charge in [-0.25, -0.2) is 4.39 Å². The number of rotatable bonds is 3. The smallest absolute Gasteiger partial charge is 0.169 e. The summed E-state index contributed by atoms with van der Waals surface area (Å²) in [5.41, 5.74) is 6.81. The fourth-order valence-electron chi connectivity index (χ4n) is 1.74. The second-order valence-corrected chi connectivity index (χ2v) is 4.86. The first-order chi connectivity index (χ1) is 8.99. The van der Waals surface area contributed by atoms with Crippen molar-refractivity contribution in [3.63, 3.8) is 0 Å². The summed E-state index contributed by atoms with van der Waals surface area (Å²) in [6.07, 6.45) is -0.0115. The van der Waals surface area contributed by atoms with Crippen LogP contribution in [0.5, 0.6) is 0 Å². The number of Topliss-reactive ketones (excluding diaryl/α,β-unsaturated/α-hetero) is 1. The van der Waals surface area contributed by atoms with Crippen molar-refractivity contribution in [3.8, 4) is 0 Å². The minimum Gasteiger partial charge on any atom is -0.398 e. The molecule has 0 heterocycles. The third kappa shape index (κ3) is 3.06. The number of halogens is 3. The zero-order valence-electron chi connectivity index (χ0n) is 9.79. The number of ketones is 1. The molecule has 0 fully saturated rings. The van der Waals surface area contributed by atoms with Gasteiger partial charge in [-0.3, -0.25) is 4.79 Å². The molecule has 98 valence electrons. The first-order valence-electron chi connectivity index (χ1n) is 5.50. The zero-order chi connectivity index (χ0) is 14.0. The molecule has 0 atom stereocenters. The minimum absolute atomic E-state index is 0.0115. The fraction of sp³-hybridized carbons (Fsp3) is 0.0714. The lowest BCUT2D eigenvalue weighted by Gasteiger charge is -2.07. The highest BCUT2D eigenvalue weighted by Gasteiger charge is 2.14. The number of carbonyl (C=O) groups is 1. The highest BCUT2D eigenvalue weighted by atomic mass is 35.5. The van der Waals surface area contributed by atoms with Crippen molar-refractivity contribution < 1.29 is 9.18 Å². The van der Waals surface area contributed by atoms with E-state index in [1.807, 2.05) is 0 Å². The topological polar surface area (TPSA) is 43.1 Å². The maximum Gasteiger partial charge on any atom is 0.169 e. The molecule has 0 aliphatic rings. The maximum absolute atomic E-state index is 13.3. The lowest BCUT2D eigenvalue weighted by Crippen LogP contribution is -2.07. The molecule has 5 heteroatoms. The van der Waals surface area contributed by atoms with E-state index in [4.69, 9.17) is 28.9 Å². The average molecular weight is 298 g/mol. The molecule has 0 aliphatic heterocycles. The van der Waals surface area contributed by atoms with Crippen LogP contribution in [0.4, 0.5) is 10.1 Å². The Labute approximate surface area is 119 Å². The average Bonchev–Trinajstić information content (AvgIpc) is 2.34. The molecule has 0 saturated heterocycles. The SMILES string of the molecule is Nc1cc(Cl)ccc1C(=O)Cc1cccc(F)c1Cl. The number of nitrogens with two attached hydrogens (primary N) is 1. The Morgan fingerprint density at radius 3 is 2.63 bits per heavy atom. The Morgan fingerprint density at radius 1 is 1.21 bits per heavy atom. The van der Waals surface area contributed by atoms with Gasteiger partial charge in [0.05, 0.1) is 5.02 Å². The molecule has 0 unspecified atom stereocenters. The fourth-order valence-corrected chi connectivity index (χ4v) is 2.11. The molecular weight excluding hydrogens is 288 g/mol. The predicted molar refractivity (Wildman–Crippen MR) is 75.3 cm³/mol. The zero-order valence-corrected chi connectivity index (χ0v) is 11.3. The monoisotopic (exact) mass is 297 g/mol. The van der Waals surface area contributed by atoms with Crippen molar-refractivity contribution in [1.82, 2.24) is 0 Å². The van der Waals surface area contributed by atoms with Crippen LogP contribution in [0.2, 0.25) is 10.0 Å². The van der Waals surface area contributed by atoms with E-state index in [-0.39, 0.29) is 17.2 Å². The van der Waals surface area contributed by atoms with E-state index in [1.54, 1.807) is 18.2 Å².